The Hall–Kier alpha value is -0.570. The SMILES string of the molecule is CC(C)CC(=O)N1CCC2(CCC(OC(C)C)CC2)CC1. The lowest BCUT2D eigenvalue weighted by atomic mass is 9.67. The Balaban J connectivity index is 1.77. The molecule has 2 fully saturated rings. The molecule has 1 heterocycles. The van der Waals surface area contributed by atoms with E-state index in [1.807, 2.05) is 0 Å². The van der Waals surface area contributed by atoms with Gasteiger partial charge in [-0.05, 0) is 63.7 Å². The highest BCUT2D eigenvalue weighted by atomic mass is 16.5. The summed E-state index contributed by atoms with van der Waals surface area (Å²) >= 11 is 0. The minimum absolute atomic E-state index is 0.347. The molecule has 0 aromatic rings. The van der Waals surface area contributed by atoms with Gasteiger partial charge in [0.15, 0.2) is 0 Å². The Morgan fingerprint density at radius 3 is 2.14 bits per heavy atom. The minimum Gasteiger partial charge on any atom is -0.376 e. The molecule has 1 saturated carbocycles. The molecule has 0 radical (unpaired) electrons. The largest absolute Gasteiger partial charge is 0.376 e. The van der Waals surface area contributed by atoms with Crippen LogP contribution in [0.15, 0.2) is 0 Å². The molecule has 2 aliphatic rings. The molecule has 1 saturated heterocycles. The van der Waals surface area contributed by atoms with Crippen LogP contribution in [0.2, 0.25) is 0 Å². The zero-order valence-corrected chi connectivity index (χ0v) is 14.4. The number of ether oxygens (including phenoxy) is 1. The maximum Gasteiger partial charge on any atom is 0.222 e. The first-order valence-electron chi connectivity index (χ1n) is 8.83. The molecule has 0 bridgehead atoms. The third-order valence-corrected chi connectivity index (χ3v) is 5.22. The molecular formula is C18H33NO2. The average molecular weight is 295 g/mol. The lowest BCUT2D eigenvalue weighted by Crippen LogP contribution is -2.45. The highest BCUT2D eigenvalue weighted by Crippen LogP contribution is 2.45. The smallest absolute Gasteiger partial charge is 0.222 e. The Bertz CT molecular complexity index is 333. The van der Waals surface area contributed by atoms with Crippen LogP contribution in [0.5, 0.6) is 0 Å². The van der Waals surface area contributed by atoms with Crippen molar-refractivity contribution in [2.75, 3.05) is 13.1 Å². The third kappa shape index (κ3) is 4.70. The number of carbonyl (C=O) groups is 1. The fourth-order valence-electron chi connectivity index (χ4n) is 3.93. The molecule has 3 heteroatoms. The normalized spacial score (nSPS) is 23.2. The third-order valence-electron chi connectivity index (χ3n) is 5.22. The molecule has 2 rings (SSSR count). The monoisotopic (exact) mass is 295 g/mol. The fourth-order valence-corrected chi connectivity index (χ4v) is 3.93. The summed E-state index contributed by atoms with van der Waals surface area (Å²) in [5.41, 5.74) is 0.505. The van der Waals surface area contributed by atoms with Crippen LogP contribution in [0.25, 0.3) is 0 Å². The molecule has 0 atom stereocenters. The molecule has 1 amide bonds. The maximum absolute atomic E-state index is 12.2. The van der Waals surface area contributed by atoms with E-state index < -0.39 is 0 Å². The van der Waals surface area contributed by atoms with E-state index in [1.54, 1.807) is 0 Å². The molecular weight excluding hydrogens is 262 g/mol. The first-order valence-corrected chi connectivity index (χ1v) is 8.83. The summed E-state index contributed by atoms with van der Waals surface area (Å²) in [5.74, 6) is 0.827. The maximum atomic E-state index is 12.2. The lowest BCUT2D eigenvalue weighted by molar-refractivity contribution is -0.135. The standard InChI is InChI=1S/C18H33NO2/c1-14(2)13-17(20)19-11-9-18(10-12-19)7-5-16(6-8-18)21-15(3)4/h14-16H,5-13H2,1-4H3. The number of carbonyl (C=O) groups excluding carboxylic acids is 1. The molecule has 1 aliphatic carbocycles. The predicted molar refractivity (Wildman–Crippen MR) is 86.2 cm³/mol. The summed E-state index contributed by atoms with van der Waals surface area (Å²) in [7, 11) is 0. The number of hydrogen-bond donors (Lipinski definition) is 0. The molecule has 3 nitrogen and oxygen atoms in total. The molecule has 0 unspecified atom stereocenters. The van der Waals surface area contributed by atoms with Crippen molar-refractivity contribution in [3.8, 4) is 0 Å². The number of nitrogens with zero attached hydrogens (tertiary/aromatic N) is 1. The van der Waals surface area contributed by atoms with Crippen molar-refractivity contribution in [1.29, 1.82) is 0 Å². The summed E-state index contributed by atoms with van der Waals surface area (Å²) in [6, 6.07) is 0. The zero-order chi connectivity index (χ0) is 15.5. The summed E-state index contributed by atoms with van der Waals surface area (Å²) in [4.78, 5) is 14.3. The quantitative estimate of drug-likeness (QED) is 0.784. The van der Waals surface area contributed by atoms with Crippen molar-refractivity contribution in [3.63, 3.8) is 0 Å². The van der Waals surface area contributed by atoms with Crippen molar-refractivity contribution < 1.29 is 9.53 Å². The van der Waals surface area contributed by atoms with Gasteiger partial charge >= 0.3 is 0 Å². The molecule has 0 aromatic heterocycles. The van der Waals surface area contributed by atoms with Crippen molar-refractivity contribution in [3.05, 3.63) is 0 Å². The van der Waals surface area contributed by atoms with Crippen LogP contribution in [0.3, 0.4) is 0 Å². The van der Waals surface area contributed by atoms with Gasteiger partial charge in [-0.15, -0.1) is 0 Å². The van der Waals surface area contributed by atoms with E-state index in [2.05, 4.69) is 32.6 Å². The summed E-state index contributed by atoms with van der Waals surface area (Å²) in [6.45, 7) is 10.5. The minimum atomic E-state index is 0.347. The van der Waals surface area contributed by atoms with Gasteiger partial charge in [0.1, 0.15) is 0 Å². The zero-order valence-electron chi connectivity index (χ0n) is 14.4. The Morgan fingerprint density at radius 1 is 1.10 bits per heavy atom. The van der Waals surface area contributed by atoms with Crippen LogP contribution in [0.1, 0.15) is 72.6 Å². The van der Waals surface area contributed by atoms with Crippen LogP contribution in [-0.2, 0) is 9.53 Å². The topological polar surface area (TPSA) is 29.5 Å². The van der Waals surface area contributed by atoms with E-state index in [9.17, 15) is 4.79 Å². The highest BCUT2D eigenvalue weighted by Gasteiger charge is 2.39. The van der Waals surface area contributed by atoms with E-state index in [-0.39, 0.29) is 0 Å². The second-order valence-corrected chi connectivity index (χ2v) is 7.86. The van der Waals surface area contributed by atoms with E-state index >= 15 is 0 Å². The van der Waals surface area contributed by atoms with Gasteiger partial charge in [-0.3, -0.25) is 4.79 Å². The van der Waals surface area contributed by atoms with Gasteiger partial charge in [0.05, 0.1) is 12.2 Å². The van der Waals surface area contributed by atoms with Crippen LogP contribution in [-0.4, -0.2) is 36.1 Å². The van der Waals surface area contributed by atoms with E-state index in [4.69, 9.17) is 4.74 Å². The molecule has 1 aliphatic heterocycles. The number of hydrogen-bond acceptors (Lipinski definition) is 2. The second kappa shape index (κ2) is 7.13. The summed E-state index contributed by atoms with van der Waals surface area (Å²) in [6.07, 6.45) is 8.91. The molecule has 1 spiro atoms. The predicted octanol–water partition coefficient (Wildman–Crippen LogP) is 4.01. The summed E-state index contributed by atoms with van der Waals surface area (Å²) in [5, 5.41) is 0. The Labute approximate surface area is 130 Å². The van der Waals surface area contributed by atoms with Gasteiger partial charge in [-0.25, -0.2) is 0 Å². The van der Waals surface area contributed by atoms with Crippen molar-refractivity contribution in [2.24, 2.45) is 11.3 Å². The van der Waals surface area contributed by atoms with Gasteiger partial charge in [-0.1, -0.05) is 13.8 Å². The average Bonchev–Trinajstić information content (AvgIpc) is 2.41. The van der Waals surface area contributed by atoms with E-state index in [0.717, 1.165) is 13.1 Å². The van der Waals surface area contributed by atoms with Crippen molar-refractivity contribution in [2.45, 2.75) is 84.8 Å². The van der Waals surface area contributed by atoms with Crippen molar-refractivity contribution >= 4 is 5.91 Å². The van der Waals surface area contributed by atoms with Crippen LogP contribution in [0, 0.1) is 11.3 Å². The van der Waals surface area contributed by atoms with Crippen molar-refractivity contribution in [1.82, 2.24) is 4.90 Å². The van der Waals surface area contributed by atoms with E-state index in [1.165, 1.54) is 38.5 Å². The number of amides is 1. The second-order valence-electron chi connectivity index (χ2n) is 7.86. The first kappa shape index (κ1) is 16.8. The Kier molecular flexibility index (Phi) is 5.70. The fraction of sp³-hybridized carbons (Fsp3) is 0.944. The molecule has 122 valence electrons. The Morgan fingerprint density at radius 2 is 1.67 bits per heavy atom. The van der Waals surface area contributed by atoms with Gasteiger partial charge in [-0.2, -0.15) is 0 Å². The number of rotatable bonds is 4. The number of likely N-dealkylation sites (tertiary alicyclic amines) is 1. The van der Waals surface area contributed by atoms with Crippen LogP contribution >= 0.6 is 0 Å². The summed E-state index contributed by atoms with van der Waals surface area (Å²) < 4.78 is 5.96. The van der Waals surface area contributed by atoms with Gasteiger partial charge in [0, 0.05) is 19.5 Å². The van der Waals surface area contributed by atoms with Crippen LogP contribution in [0.4, 0.5) is 0 Å². The molecule has 0 N–H and O–H groups in total. The highest BCUT2D eigenvalue weighted by molar-refractivity contribution is 5.76. The number of piperidine rings is 1. The first-order chi connectivity index (χ1) is 9.90. The van der Waals surface area contributed by atoms with Crippen LogP contribution < -0.4 is 0 Å². The van der Waals surface area contributed by atoms with Gasteiger partial charge in [0.25, 0.3) is 0 Å². The molecule has 21 heavy (non-hydrogen) atoms. The molecule has 0 aromatic carbocycles. The lowest BCUT2D eigenvalue weighted by Gasteiger charge is -2.46. The van der Waals surface area contributed by atoms with E-state index in [0.29, 0.717) is 35.9 Å². The van der Waals surface area contributed by atoms with Gasteiger partial charge < -0.3 is 9.64 Å². The van der Waals surface area contributed by atoms with Gasteiger partial charge in [0.2, 0.25) is 5.91 Å².